The van der Waals surface area contributed by atoms with Gasteiger partial charge in [-0.3, -0.25) is 0 Å². The van der Waals surface area contributed by atoms with Crippen molar-refractivity contribution in [3.63, 3.8) is 0 Å². The maximum Gasteiger partial charge on any atom is 0.145 e. The van der Waals surface area contributed by atoms with Crippen LogP contribution in [-0.2, 0) is 6.61 Å². The average molecular weight is 249 g/mol. The van der Waals surface area contributed by atoms with E-state index in [2.05, 4.69) is 0 Å². The zero-order valence-corrected chi connectivity index (χ0v) is 10.2. The van der Waals surface area contributed by atoms with Crippen LogP contribution < -0.4 is 10.5 Å². The standard InChI is InChI=1S/C13H15NO2S/c14-8-12(13-2-1-7-17-13)16-11-5-3-10(9-15)4-6-11/h1-7,12,15H,8-9,14H2. The maximum atomic E-state index is 8.95. The molecule has 1 aromatic heterocycles. The molecule has 3 N–H and O–H groups in total. The van der Waals surface area contributed by atoms with Crippen LogP contribution in [0.15, 0.2) is 41.8 Å². The molecule has 0 amide bonds. The second-order valence-corrected chi connectivity index (χ2v) is 4.64. The Hall–Kier alpha value is -1.36. The van der Waals surface area contributed by atoms with Crippen molar-refractivity contribution in [2.24, 2.45) is 5.73 Å². The minimum absolute atomic E-state index is 0.0471. The van der Waals surface area contributed by atoms with Crippen molar-refractivity contribution in [1.29, 1.82) is 0 Å². The highest BCUT2D eigenvalue weighted by Gasteiger charge is 2.12. The first-order valence-corrected chi connectivity index (χ1v) is 6.31. The van der Waals surface area contributed by atoms with Gasteiger partial charge in [-0.25, -0.2) is 0 Å². The number of ether oxygens (including phenoxy) is 1. The Bertz CT molecular complexity index is 439. The van der Waals surface area contributed by atoms with Crippen molar-refractivity contribution in [3.8, 4) is 5.75 Å². The van der Waals surface area contributed by atoms with Crippen LogP contribution >= 0.6 is 11.3 Å². The molecule has 0 fully saturated rings. The molecule has 2 rings (SSSR count). The number of rotatable bonds is 5. The first kappa shape index (κ1) is 12.1. The van der Waals surface area contributed by atoms with Crippen LogP contribution in [0.1, 0.15) is 16.5 Å². The molecule has 0 spiro atoms. The van der Waals surface area contributed by atoms with E-state index in [1.807, 2.05) is 41.8 Å². The van der Waals surface area contributed by atoms with Gasteiger partial charge in [0.2, 0.25) is 0 Å². The predicted octanol–water partition coefficient (Wildman–Crippen LogP) is 2.32. The number of benzene rings is 1. The summed E-state index contributed by atoms with van der Waals surface area (Å²) < 4.78 is 5.81. The molecule has 1 heterocycles. The van der Waals surface area contributed by atoms with Crippen LogP contribution in [0.4, 0.5) is 0 Å². The Kier molecular flexibility index (Phi) is 4.14. The lowest BCUT2D eigenvalue weighted by atomic mass is 10.2. The van der Waals surface area contributed by atoms with E-state index in [0.29, 0.717) is 6.54 Å². The molecule has 0 aliphatic carbocycles. The molecule has 0 aliphatic rings. The molecule has 1 unspecified atom stereocenters. The Morgan fingerprint density at radius 2 is 2.00 bits per heavy atom. The van der Waals surface area contributed by atoms with E-state index < -0.39 is 0 Å². The highest BCUT2D eigenvalue weighted by Crippen LogP contribution is 2.24. The summed E-state index contributed by atoms with van der Waals surface area (Å²) in [6, 6.07) is 11.4. The number of nitrogens with two attached hydrogens (primary N) is 1. The summed E-state index contributed by atoms with van der Waals surface area (Å²) in [5, 5.41) is 11.0. The summed E-state index contributed by atoms with van der Waals surface area (Å²) in [4.78, 5) is 1.12. The first-order chi connectivity index (χ1) is 8.33. The zero-order chi connectivity index (χ0) is 12.1. The Morgan fingerprint density at radius 1 is 1.24 bits per heavy atom. The van der Waals surface area contributed by atoms with Crippen molar-refractivity contribution in [3.05, 3.63) is 52.2 Å². The van der Waals surface area contributed by atoms with Gasteiger partial charge in [0, 0.05) is 11.4 Å². The van der Waals surface area contributed by atoms with Crippen LogP contribution in [0, 0.1) is 0 Å². The quantitative estimate of drug-likeness (QED) is 0.855. The lowest BCUT2D eigenvalue weighted by Crippen LogP contribution is -2.17. The number of thiophene rings is 1. The monoisotopic (exact) mass is 249 g/mol. The van der Waals surface area contributed by atoms with Crippen molar-refractivity contribution in [2.75, 3.05) is 6.54 Å². The lowest BCUT2D eigenvalue weighted by molar-refractivity contribution is 0.218. The van der Waals surface area contributed by atoms with Gasteiger partial charge in [0.15, 0.2) is 0 Å². The third-order valence-electron chi connectivity index (χ3n) is 2.46. The minimum atomic E-state index is -0.102. The number of hydrogen-bond donors (Lipinski definition) is 2. The van der Waals surface area contributed by atoms with Gasteiger partial charge in [-0.2, -0.15) is 0 Å². The van der Waals surface area contributed by atoms with E-state index in [9.17, 15) is 0 Å². The van der Waals surface area contributed by atoms with Crippen molar-refractivity contribution in [1.82, 2.24) is 0 Å². The van der Waals surface area contributed by atoms with E-state index in [1.54, 1.807) is 11.3 Å². The van der Waals surface area contributed by atoms with Crippen molar-refractivity contribution in [2.45, 2.75) is 12.7 Å². The molecule has 1 aromatic carbocycles. The number of aliphatic hydroxyl groups excluding tert-OH is 1. The van der Waals surface area contributed by atoms with Crippen molar-refractivity contribution < 1.29 is 9.84 Å². The van der Waals surface area contributed by atoms with Crippen LogP contribution in [0.2, 0.25) is 0 Å². The van der Waals surface area contributed by atoms with Gasteiger partial charge in [-0.1, -0.05) is 18.2 Å². The summed E-state index contributed by atoms with van der Waals surface area (Å²) >= 11 is 1.64. The normalized spacial score (nSPS) is 12.4. The Balaban J connectivity index is 2.07. The van der Waals surface area contributed by atoms with Gasteiger partial charge >= 0.3 is 0 Å². The number of hydrogen-bond acceptors (Lipinski definition) is 4. The van der Waals surface area contributed by atoms with E-state index >= 15 is 0 Å². The molecule has 0 saturated carbocycles. The van der Waals surface area contributed by atoms with E-state index in [0.717, 1.165) is 16.2 Å². The van der Waals surface area contributed by atoms with Crippen molar-refractivity contribution >= 4 is 11.3 Å². The second-order valence-electron chi connectivity index (χ2n) is 3.66. The molecule has 0 aliphatic heterocycles. The van der Waals surface area contributed by atoms with Gasteiger partial charge < -0.3 is 15.6 Å². The molecule has 3 nitrogen and oxygen atoms in total. The van der Waals surface area contributed by atoms with Gasteiger partial charge in [0.05, 0.1) is 6.61 Å². The number of aliphatic hydroxyl groups is 1. The maximum absolute atomic E-state index is 8.95. The van der Waals surface area contributed by atoms with Gasteiger partial charge in [0.25, 0.3) is 0 Å². The molecular weight excluding hydrogens is 234 g/mol. The Labute approximate surface area is 104 Å². The summed E-state index contributed by atoms with van der Waals surface area (Å²) in [6.45, 7) is 0.494. The highest BCUT2D eigenvalue weighted by molar-refractivity contribution is 7.10. The summed E-state index contributed by atoms with van der Waals surface area (Å²) in [5.74, 6) is 0.769. The summed E-state index contributed by atoms with van der Waals surface area (Å²) in [5.41, 5.74) is 6.58. The third-order valence-corrected chi connectivity index (χ3v) is 3.42. The molecule has 0 saturated heterocycles. The minimum Gasteiger partial charge on any atom is -0.484 e. The van der Waals surface area contributed by atoms with Gasteiger partial charge in [0.1, 0.15) is 11.9 Å². The fraction of sp³-hybridized carbons (Fsp3) is 0.231. The Morgan fingerprint density at radius 3 is 2.53 bits per heavy atom. The molecule has 0 bridgehead atoms. The predicted molar refractivity (Wildman–Crippen MR) is 69.1 cm³/mol. The second kappa shape index (κ2) is 5.82. The van der Waals surface area contributed by atoms with Crippen LogP contribution in [0.5, 0.6) is 5.75 Å². The zero-order valence-electron chi connectivity index (χ0n) is 9.37. The van der Waals surface area contributed by atoms with E-state index in [-0.39, 0.29) is 12.7 Å². The largest absolute Gasteiger partial charge is 0.484 e. The van der Waals surface area contributed by atoms with Gasteiger partial charge in [-0.15, -0.1) is 11.3 Å². The van der Waals surface area contributed by atoms with E-state index in [1.165, 1.54) is 0 Å². The average Bonchev–Trinajstić information content (AvgIpc) is 2.90. The molecule has 0 radical (unpaired) electrons. The lowest BCUT2D eigenvalue weighted by Gasteiger charge is -2.16. The summed E-state index contributed by atoms with van der Waals surface area (Å²) in [7, 11) is 0. The topological polar surface area (TPSA) is 55.5 Å². The first-order valence-electron chi connectivity index (χ1n) is 5.43. The van der Waals surface area contributed by atoms with E-state index in [4.69, 9.17) is 15.6 Å². The highest BCUT2D eigenvalue weighted by atomic mass is 32.1. The fourth-order valence-corrected chi connectivity index (χ4v) is 2.30. The smallest absolute Gasteiger partial charge is 0.145 e. The van der Waals surface area contributed by atoms with Crippen LogP contribution in [0.3, 0.4) is 0 Å². The SMILES string of the molecule is NCC(Oc1ccc(CO)cc1)c1cccs1. The molecule has 90 valence electrons. The molecule has 17 heavy (non-hydrogen) atoms. The summed E-state index contributed by atoms with van der Waals surface area (Å²) in [6.07, 6.45) is -0.102. The molecule has 1 atom stereocenters. The third kappa shape index (κ3) is 3.06. The molecule has 4 heteroatoms. The fourth-order valence-electron chi connectivity index (χ4n) is 1.53. The molecular formula is C13H15NO2S. The molecule has 2 aromatic rings. The van der Waals surface area contributed by atoms with Crippen LogP contribution in [0.25, 0.3) is 0 Å². The van der Waals surface area contributed by atoms with Gasteiger partial charge in [-0.05, 0) is 29.1 Å². The van der Waals surface area contributed by atoms with Crippen LogP contribution in [-0.4, -0.2) is 11.7 Å².